The quantitative estimate of drug-likeness (QED) is 0.474. The molecule has 3 heteroatoms. The van der Waals surface area contributed by atoms with Gasteiger partial charge >= 0.3 is 0 Å². The van der Waals surface area contributed by atoms with E-state index in [0.29, 0.717) is 0 Å². The van der Waals surface area contributed by atoms with E-state index < -0.39 is 0 Å². The monoisotopic (exact) mass is 319 g/mol. The average molecular weight is 319 g/mol. The molecule has 0 saturated heterocycles. The van der Waals surface area contributed by atoms with Gasteiger partial charge in [0, 0.05) is 6.54 Å². The number of ether oxygens (including phenoxy) is 1. The molecule has 15 heavy (non-hydrogen) atoms. The summed E-state index contributed by atoms with van der Waals surface area (Å²) < 4.78 is 6.42. The lowest BCUT2D eigenvalue weighted by atomic mass is 10.2. The van der Waals surface area contributed by atoms with Crippen LogP contribution in [0, 0.1) is 0 Å². The third-order valence-corrected chi connectivity index (χ3v) is 2.96. The van der Waals surface area contributed by atoms with E-state index in [1.54, 1.807) is 7.11 Å². The van der Waals surface area contributed by atoms with E-state index in [1.807, 2.05) is 12.1 Å². The first-order valence-electron chi connectivity index (χ1n) is 5.26. The van der Waals surface area contributed by atoms with Crippen LogP contribution in [0.2, 0.25) is 0 Å². The Morgan fingerprint density at radius 3 is 2.93 bits per heavy atom. The van der Waals surface area contributed by atoms with Crippen LogP contribution in [-0.2, 0) is 6.54 Å². The maximum absolute atomic E-state index is 5.17. The standard InChI is InChI=1S/C12H18INO/c1-15-12-6-4-5-11(9-12)10-14-8-3-2-7-13/h4-6,9,14H,2-3,7-8,10H2,1H3. The fourth-order valence-electron chi connectivity index (χ4n) is 1.36. The Bertz CT molecular complexity index is 278. The van der Waals surface area contributed by atoms with Gasteiger partial charge in [0.15, 0.2) is 0 Å². The Hall–Kier alpha value is -0.290. The van der Waals surface area contributed by atoms with Gasteiger partial charge in [-0.05, 0) is 41.5 Å². The maximum Gasteiger partial charge on any atom is 0.119 e. The van der Waals surface area contributed by atoms with Crippen molar-refractivity contribution >= 4 is 22.6 Å². The number of rotatable bonds is 7. The molecule has 0 aliphatic heterocycles. The largest absolute Gasteiger partial charge is 0.497 e. The summed E-state index contributed by atoms with van der Waals surface area (Å²) >= 11 is 2.42. The van der Waals surface area contributed by atoms with Gasteiger partial charge in [0.1, 0.15) is 5.75 Å². The van der Waals surface area contributed by atoms with Crippen molar-refractivity contribution < 1.29 is 4.74 Å². The lowest BCUT2D eigenvalue weighted by molar-refractivity contribution is 0.414. The summed E-state index contributed by atoms with van der Waals surface area (Å²) in [6.07, 6.45) is 2.55. The molecule has 0 aromatic heterocycles. The van der Waals surface area contributed by atoms with Gasteiger partial charge in [-0.15, -0.1) is 0 Å². The van der Waals surface area contributed by atoms with E-state index in [2.05, 4.69) is 40.0 Å². The second-order valence-corrected chi connectivity index (χ2v) is 4.50. The van der Waals surface area contributed by atoms with Crippen LogP contribution in [0.1, 0.15) is 18.4 Å². The molecule has 0 bridgehead atoms. The molecule has 1 aromatic rings. The molecule has 1 aromatic carbocycles. The van der Waals surface area contributed by atoms with Gasteiger partial charge in [-0.1, -0.05) is 34.7 Å². The highest BCUT2D eigenvalue weighted by Gasteiger charge is 1.95. The highest BCUT2D eigenvalue weighted by molar-refractivity contribution is 14.1. The summed E-state index contributed by atoms with van der Waals surface area (Å²) in [6, 6.07) is 8.19. The van der Waals surface area contributed by atoms with Crippen molar-refractivity contribution in [2.24, 2.45) is 0 Å². The minimum atomic E-state index is 0.929. The molecule has 0 heterocycles. The predicted octanol–water partition coefficient (Wildman–Crippen LogP) is 3.00. The molecule has 1 N–H and O–H groups in total. The molecule has 0 amide bonds. The Balaban J connectivity index is 2.24. The summed E-state index contributed by atoms with van der Waals surface area (Å²) in [5, 5.41) is 3.43. The normalized spacial score (nSPS) is 10.3. The molecule has 0 fully saturated rings. The fraction of sp³-hybridized carbons (Fsp3) is 0.500. The zero-order chi connectivity index (χ0) is 10.9. The zero-order valence-corrected chi connectivity index (χ0v) is 11.3. The Morgan fingerprint density at radius 2 is 2.20 bits per heavy atom. The summed E-state index contributed by atoms with van der Waals surface area (Å²) in [5.41, 5.74) is 1.28. The third kappa shape index (κ3) is 5.37. The van der Waals surface area contributed by atoms with Crippen molar-refractivity contribution in [1.29, 1.82) is 0 Å². The van der Waals surface area contributed by atoms with Gasteiger partial charge in [0.2, 0.25) is 0 Å². The SMILES string of the molecule is COc1cccc(CNCCCCI)c1. The summed E-state index contributed by atoms with van der Waals surface area (Å²) in [6.45, 7) is 2.03. The molecule has 0 saturated carbocycles. The summed E-state index contributed by atoms with van der Waals surface area (Å²) in [5.74, 6) is 0.932. The lowest BCUT2D eigenvalue weighted by Crippen LogP contribution is -2.14. The van der Waals surface area contributed by atoms with E-state index in [4.69, 9.17) is 4.74 Å². The van der Waals surface area contributed by atoms with Crippen LogP contribution in [0.15, 0.2) is 24.3 Å². The first-order chi connectivity index (χ1) is 7.36. The van der Waals surface area contributed by atoms with Gasteiger partial charge in [-0.2, -0.15) is 0 Å². The van der Waals surface area contributed by atoms with Crippen LogP contribution < -0.4 is 10.1 Å². The number of hydrogen-bond donors (Lipinski definition) is 1. The van der Waals surface area contributed by atoms with E-state index in [0.717, 1.165) is 18.8 Å². The van der Waals surface area contributed by atoms with Crippen molar-refractivity contribution in [3.8, 4) is 5.75 Å². The van der Waals surface area contributed by atoms with Gasteiger partial charge in [0.25, 0.3) is 0 Å². The lowest BCUT2D eigenvalue weighted by Gasteiger charge is -2.06. The number of benzene rings is 1. The number of alkyl halides is 1. The van der Waals surface area contributed by atoms with Crippen LogP contribution >= 0.6 is 22.6 Å². The molecular formula is C12H18INO. The number of nitrogens with one attached hydrogen (secondary N) is 1. The Labute approximate surface area is 106 Å². The number of unbranched alkanes of at least 4 members (excludes halogenated alkanes) is 1. The molecule has 0 aliphatic carbocycles. The second kappa shape index (κ2) is 7.93. The minimum Gasteiger partial charge on any atom is -0.497 e. The van der Waals surface area contributed by atoms with E-state index in [-0.39, 0.29) is 0 Å². The van der Waals surface area contributed by atoms with E-state index in [9.17, 15) is 0 Å². The van der Waals surface area contributed by atoms with Crippen molar-refractivity contribution in [2.75, 3.05) is 18.1 Å². The molecule has 0 atom stereocenters. The first-order valence-corrected chi connectivity index (χ1v) is 6.79. The first kappa shape index (κ1) is 12.8. The van der Waals surface area contributed by atoms with Gasteiger partial charge < -0.3 is 10.1 Å². The average Bonchev–Trinajstić information content (AvgIpc) is 2.29. The number of halogens is 1. The highest BCUT2D eigenvalue weighted by Crippen LogP contribution is 2.11. The molecule has 0 aliphatic rings. The maximum atomic E-state index is 5.17. The van der Waals surface area contributed by atoms with Crippen molar-refractivity contribution in [1.82, 2.24) is 5.32 Å². The molecular weight excluding hydrogens is 301 g/mol. The van der Waals surface area contributed by atoms with Crippen LogP contribution in [-0.4, -0.2) is 18.1 Å². The molecule has 0 radical (unpaired) electrons. The van der Waals surface area contributed by atoms with Gasteiger partial charge in [-0.3, -0.25) is 0 Å². The second-order valence-electron chi connectivity index (χ2n) is 3.42. The number of hydrogen-bond acceptors (Lipinski definition) is 2. The Kier molecular flexibility index (Phi) is 6.76. The molecule has 0 unspecified atom stereocenters. The van der Waals surface area contributed by atoms with Gasteiger partial charge in [-0.25, -0.2) is 0 Å². The molecule has 1 rings (SSSR count). The summed E-state index contributed by atoms with van der Waals surface area (Å²) in [7, 11) is 1.70. The van der Waals surface area contributed by atoms with Gasteiger partial charge in [0.05, 0.1) is 7.11 Å². The van der Waals surface area contributed by atoms with E-state index >= 15 is 0 Å². The van der Waals surface area contributed by atoms with E-state index in [1.165, 1.54) is 22.8 Å². The number of methoxy groups -OCH3 is 1. The molecule has 84 valence electrons. The predicted molar refractivity (Wildman–Crippen MR) is 72.8 cm³/mol. The molecule has 2 nitrogen and oxygen atoms in total. The van der Waals surface area contributed by atoms with Crippen LogP contribution in [0.5, 0.6) is 5.75 Å². The zero-order valence-electron chi connectivity index (χ0n) is 9.13. The Morgan fingerprint density at radius 1 is 1.33 bits per heavy atom. The van der Waals surface area contributed by atoms with Crippen molar-refractivity contribution in [2.45, 2.75) is 19.4 Å². The highest BCUT2D eigenvalue weighted by atomic mass is 127. The van der Waals surface area contributed by atoms with Crippen LogP contribution in [0.3, 0.4) is 0 Å². The smallest absolute Gasteiger partial charge is 0.119 e. The van der Waals surface area contributed by atoms with Crippen LogP contribution in [0.25, 0.3) is 0 Å². The van der Waals surface area contributed by atoms with Crippen molar-refractivity contribution in [3.05, 3.63) is 29.8 Å². The van der Waals surface area contributed by atoms with Crippen molar-refractivity contribution in [3.63, 3.8) is 0 Å². The fourth-order valence-corrected chi connectivity index (χ4v) is 1.90. The summed E-state index contributed by atoms with van der Waals surface area (Å²) in [4.78, 5) is 0. The van der Waals surface area contributed by atoms with Crippen LogP contribution in [0.4, 0.5) is 0 Å². The molecule has 0 spiro atoms. The topological polar surface area (TPSA) is 21.3 Å². The minimum absolute atomic E-state index is 0.929. The third-order valence-electron chi connectivity index (χ3n) is 2.20.